The van der Waals surface area contributed by atoms with Gasteiger partial charge in [0.15, 0.2) is 0 Å². The number of piperazine rings is 1. The highest BCUT2D eigenvalue weighted by Crippen LogP contribution is 2.20. The van der Waals surface area contributed by atoms with Crippen molar-refractivity contribution in [2.45, 2.75) is 13.5 Å². The van der Waals surface area contributed by atoms with E-state index in [1.807, 2.05) is 53.4 Å². The van der Waals surface area contributed by atoms with Crippen LogP contribution in [0.5, 0.6) is 5.75 Å². The van der Waals surface area contributed by atoms with Crippen LogP contribution in [-0.4, -0.2) is 50.1 Å². The van der Waals surface area contributed by atoms with Crippen LogP contribution in [0.2, 0.25) is 0 Å². The summed E-state index contributed by atoms with van der Waals surface area (Å²) in [5, 5.41) is 5.74. The monoisotopic (exact) mass is 382 g/mol. The molecule has 2 N–H and O–H groups in total. The number of benzene rings is 2. The zero-order chi connectivity index (χ0) is 19.9. The number of rotatable bonds is 5. The number of hydrogen-bond acceptors (Lipinski definition) is 4. The molecule has 0 unspecified atom stereocenters. The number of para-hydroxylation sites is 1. The summed E-state index contributed by atoms with van der Waals surface area (Å²) in [5.41, 5.74) is 2.82. The number of hydrogen-bond donors (Lipinski definition) is 2. The van der Waals surface area contributed by atoms with Crippen molar-refractivity contribution in [2.24, 2.45) is 0 Å². The van der Waals surface area contributed by atoms with Crippen molar-refractivity contribution in [3.8, 4) is 5.75 Å². The van der Waals surface area contributed by atoms with Crippen LogP contribution in [0.1, 0.15) is 12.5 Å². The molecule has 7 nitrogen and oxygen atoms in total. The second kappa shape index (κ2) is 9.12. The van der Waals surface area contributed by atoms with Gasteiger partial charge in [-0.1, -0.05) is 18.2 Å². The van der Waals surface area contributed by atoms with Gasteiger partial charge in [0.25, 0.3) is 0 Å². The number of anilines is 2. The minimum Gasteiger partial charge on any atom is -0.496 e. The van der Waals surface area contributed by atoms with E-state index in [0.717, 1.165) is 35.8 Å². The molecule has 1 saturated heterocycles. The standard InChI is InChI=1S/C21H26N4O3/c1-16(26)23-18-7-9-19(10-8-18)24-11-13-25(14-12-24)21(27)22-15-17-5-3-4-6-20(17)28-2/h3-10H,11-15H2,1-2H3,(H,22,27)(H,23,26). The Morgan fingerprint density at radius 3 is 2.32 bits per heavy atom. The predicted molar refractivity (Wildman–Crippen MR) is 110 cm³/mol. The number of nitrogens with one attached hydrogen (secondary N) is 2. The van der Waals surface area contributed by atoms with E-state index >= 15 is 0 Å². The first-order chi connectivity index (χ1) is 13.6. The van der Waals surface area contributed by atoms with Gasteiger partial charge in [0.2, 0.25) is 5.91 Å². The van der Waals surface area contributed by atoms with Gasteiger partial charge in [-0.15, -0.1) is 0 Å². The van der Waals surface area contributed by atoms with Gasteiger partial charge in [0, 0.05) is 56.6 Å². The molecule has 3 amide bonds. The summed E-state index contributed by atoms with van der Waals surface area (Å²) in [4.78, 5) is 27.7. The highest BCUT2D eigenvalue weighted by Gasteiger charge is 2.21. The molecule has 28 heavy (non-hydrogen) atoms. The van der Waals surface area contributed by atoms with E-state index in [-0.39, 0.29) is 11.9 Å². The molecule has 0 atom stereocenters. The van der Waals surface area contributed by atoms with Gasteiger partial charge in [-0.2, -0.15) is 0 Å². The molecule has 2 aromatic carbocycles. The van der Waals surface area contributed by atoms with Crippen molar-refractivity contribution in [3.05, 3.63) is 54.1 Å². The van der Waals surface area contributed by atoms with Crippen LogP contribution in [0.25, 0.3) is 0 Å². The molecule has 3 rings (SSSR count). The summed E-state index contributed by atoms with van der Waals surface area (Å²) < 4.78 is 5.32. The maximum absolute atomic E-state index is 12.5. The first kappa shape index (κ1) is 19.5. The Morgan fingerprint density at radius 2 is 1.68 bits per heavy atom. The van der Waals surface area contributed by atoms with Crippen LogP contribution < -0.4 is 20.3 Å². The number of methoxy groups -OCH3 is 1. The molecule has 0 spiro atoms. The second-order valence-corrected chi connectivity index (χ2v) is 6.67. The minimum absolute atomic E-state index is 0.0634. The average Bonchev–Trinajstić information content (AvgIpc) is 2.72. The zero-order valence-corrected chi connectivity index (χ0v) is 16.3. The van der Waals surface area contributed by atoms with Crippen LogP contribution >= 0.6 is 0 Å². The molecule has 0 aliphatic carbocycles. The lowest BCUT2D eigenvalue weighted by molar-refractivity contribution is -0.114. The third-order valence-electron chi connectivity index (χ3n) is 4.74. The van der Waals surface area contributed by atoms with Gasteiger partial charge >= 0.3 is 6.03 Å². The van der Waals surface area contributed by atoms with Crippen LogP contribution in [0.15, 0.2) is 48.5 Å². The molecular formula is C21H26N4O3. The summed E-state index contributed by atoms with van der Waals surface area (Å²) in [6.45, 7) is 4.78. The van der Waals surface area contributed by atoms with Gasteiger partial charge < -0.3 is 25.2 Å². The van der Waals surface area contributed by atoms with E-state index in [1.165, 1.54) is 6.92 Å². The summed E-state index contributed by atoms with van der Waals surface area (Å²) in [7, 11) is 1.63. The fourth-order valence-corrected chi connectivity index (χ4v) is 3.26. The number of carbonyl (C=O) groups excluding carboxylic acids is 2. The Labute approximate surface area is 165 Å². The Morgan fingerprint density at radius 1 is 1.00 bits per heavy atom. The minimum atomic E-state index is -0.0829. The maximum Gasteiger partial charge on any atom is 0.317 e. The van der Waals surface area contributed by atoms with Crippen molar-refractivity contribution >= 4 is 23.3 Å². The smallest absolute Gasteiger partial charge is 0.317 e. The number of ether oxygens (including phenoxy) is 1. The number of carbonyl (C=O) groups is 2. The Bertz CT molecular complexity index is 815. The van der Waals surface area contributed by atoms with E-state index in [0.29, 0.717) is 19.6 Å². The van der Waals surface area contributed by atoms with Crippen molar-refractivity contribution in [1.29, 1.82) is 0 Å². The molecular weight excluding hydrogens is 356 g/mol. The van der Waals surface area contributed by atoms with Crippen molar-refractivity contribution in [2.75, 3.05) is 43.5 Å². The maximum atomic E-state index is 12.5. The van der Waals surface area contributed by atoms with Crippen LogP contribution in [0, 0.1) is 0 Å². The normalized spacial score (nSPS) is 13.8. The average molecular weight is 382 g/mol. The van der Waals surface area contributed by atoms with E-state index in [4.69, 9.17) is 4.74 Å². The van der Waals surface area contributed by atoms with Gasteiger partial charge in [0.1, 0.15) is 5.75 Å². The lowest BCUT2D eigenvalue weighted by Crippen LogP contribution is -2.51. The first-order valence-corrected chi connectivity index (χ1v) is 9.34. The lowest BCUT2D eigenvalue weighted by atomic mass is 10.2. The van der Waals surface area contributed by atoms with Gasteiger partial charge in [-0.05, 0) is 30.3 Å². The fraction of sp³-hybridized carbons (Fsp3) is 0.333. The molecule has 1 fully saturated rings. The largest absolute Gasteiger partial charge is 0.496 e. The molecule has 1 heterocycles. The van der Waals surface area contributed by atoms with Crippen LogP contribution in [0.3, 0.4) is 0 Å². The number of nitrogens with zero attached hydrogens (tertiary/aromatic N) is 2. The molecule has 2 aromatic rings. The molecule has 7 heteroatoms. The van der Waals surface area contributed by atoms with E-state index in [2.05, 4.69) is 15.5 Å². The lowest BCUT2D eigenvalue weighted by Gasteiger charge is -2.36. The molecule has 1 aliphatic heterocycles. The second-order valence-electron chi connectivity index (χ2n) is 6.67. The SMILES string of the molecule is COc1ccccc1CNC(=O)N1CCN(c2ccc(NC(C)=O)cc2)CC1. The topological polar surface area (TPSA) is 73.9 Å². The third-order valence-corrected chi connectivity index (χ3v) is 4.74. The summed E-state index contributed by atoms with van der Waals surface area (Å²) in [6.07, 6.45) is 0. The molecule has 0 radical (unpaired) electrons. The quantitative estimate of drug-likeness (QED) is 0.834. The predicted octanol–water partition coefficient (Wildman–Crippen LogP) is 2.69. The number of amides is 3. The third kappa shape index (κ3) is 4.94. The van der Waals surface area contributed by atoms with Crippen molar-refractivity contribution in [3.63, 3.8) is 0 Å². The Hall–Kier alpha value is -3.22. The highest BCUT2D eigenvalue weighted by molar-refractivity contribution is 5.88. The molecule has 0 bridgehead atoms. The van der Waals surface area contributed by atoms with Gasteiger partial charge in [-0.25, -0.2) is 4.79 Å². The Balaban J connectivity index is 1.49. The molecule has 0 aromatic heterocycles. The summed E-state index contributed by atoms with van der Waals surface area (Å²) in [6, 6.07) is 15.4. The fourth-order valence-electron chi connectivity index (χ4n) is 3.26. The van der Waals surface area contributed by atoms with E-state index in [1.54, 1.807) is 7.11 Å². The number of urea groups is 1. The highest BCUT2D eigenvalue weighted by atomic mass is 16.5. The summed E-state index contributed by atoms with van der Waals surface area (Å²) >= 11 is 0. The molecule has 1 aliphatic rings. The molecule has 0 saturated carbocycles. The molecule has 148 valence electrons. The van der Waals surface area contributed by atoms with Crippen LogP contribution in [0.4, 0.5) is 16.2 Å². The van der Waals surface area contributed by atoms with Crippen molar-refractivity contribution < 1.29 is 14.3 Å². The van der Waals surface area contributed by atoms with E-state index < -0.39 is 0 Å². The Kier molecular flexibility index (Phi) is 6.37. The van der Waals surface area contributed by atoms with E-state index in [9.17, 15) is 9.59 Å². The first-order valence-electron chi connectivity index (χ1n) is 9.34. The van der Waals surface area contributed by atoms with Gasteiger partial charge in [-0.3, -0.25) is 4.79 Å². The zero-order valence-electron chi connectivity index (χ0n) is 16.3. The summed E-state index contributed by atoms with van der Waals surface area (Å²) in [5.74, 6) is 0.691. The van der Waals surface area contributed by atoms with Gasteiger partial charge in [0.05, 0.1) is 7.11 Å². The van der Waals surface area contributed by atoms with Crippen molar-refractivity contribution in [1.82, 2.24) is 10.2 Å². The van der Waals surface area contributed by atoms with Crippen LogP contribution in [-0.2, 0) is 11.3 Å².